The molecule has 0 saturated carbocycles. The number of hydrogen-bond donors (Lipinski definition) is 3. The van der Waals surface area contributed by atoms with Crippen LogP contribution in [-0.4, -0.2) is 11.2 Å². The molecular weight excluding hydrogens is 150 g/mol. The van der Waals surface area contributed by atoms with Crippen LogP contribution >= 0.6 is 11.6 Å². The predicted octanol–water partition coefficient (Wildman–Crippen LogP) is 1.00. The molecule has 0 amide bonds. The van der Waals surface area contributed by atoms with Crippen molar-refractivity contribution in [3.63, 3.8) is 0 Å². The molecule has 0 aromatic heterocycles. The van der Waals surface area contributed by atoms with Crippen molar-refractivity contribution in [3.8, 4) is 0 Å². The quantitative estimate of drug-likeness (QED) is 0.541. The van der Waals surface area contributed by atoms with E-state index in [-0.39, 0.29) is 10.9 Å². The second kappa shape index (κ2) is 4.17. The maximum Gasteiger partial charge on any atom is 0.145 e. The standard InChI is InChI=1S/C6H12ClN3/c1-4(2)10-3-5(8)6(7)9/h3-4,9-10H,8H2,1-2H3/b5-3+,9-6?. The van der Waals surface area contributed by atoms with Crippen LogP contribution in [0.2, 0.25) is 0 Å². The van der Waals surface area contributed by atoms with Gasteiger partial charge in [0, 0.05) is 12.2 Å². The minimum atomic E-state index is -0.131. The van der Waals surface area contributed by atoms with E-state index in [9.17, 15) is 0 Å². The zero-order valence-electron chi connectivity index (χ0n) is 6.11. The molecule has 0 spiro atoms. The van der Waals surface area contributed by atoms with Gasteiger partial charge in [0.05, 0.1) is 5.70 Å². The number of nitrogens with one attached hydrogen (secondary N) is 2. The van der Waals surface area contributed by atoms with Crippen molar-refractivity contribution in [1.82, 2.24) is 5.32 Å². The van der Waals surface area contributed by atoms with Gasteiger partial charge in [-0.2, -0.15) is 0 Å². The third-order valence-corrected chi connectivity index (χ3v) is 1.04. The van der Waals surface area contributed by atoms with E-state index in [2.05, 4.69) is 5.32 Å². The van der Waals surface area contributed by atoms with Crippen molar-refractivity contribution >= 4 is 16.8 Å². The van der Waals surface area contributed by atoms with Crippen molar-refractivity contribution < 1.29 is 0 Å². The fraction of sp³-hybridized carbons (Fsp3) is 0.500. The van der Waals surface area contributed by atoms with E-state index in [4.69, 9.17) is 22.7 Å². The van der Waals surface area contributed by atoms with Gasteiger partial charge in [-0.3, -0.25) is 5.41 Å². The number of rotatable bonds is 3. The number of hydrogen-bond acceptors (Lipinski definition) is 3. The van der Waals surface area contributed by atoms with Gasteiger partial charge in [0.2, 0.25) is 0 Å². The van der Waals surface area contributed by atoms with Crippen molar-refractivity contribution in [3.05, 3.63) is 11.9 Å². The topological polar surface area (TPSA) is 61.9 Å². The molecule has 4 heteroatoms. The van der Waals surface area contributed by atoms with E-state index in [0.717, 1.165) is 0 Å². The third kappa shape index (κ3) is 4.21. The molecule has 0 radical (unpaired) electrons. The molecule has 0 bridgehead atoms. The summed E-state index contributed by atoms with van der Waals surface area (Å²) in [4.78, 5) is 0. The minimum absolute atomic E-state index is 0.131. The summed E-state index contributed by atoms with van der Waals surface area (Å²) in [7, 11) is 0. The van der Waals surface area contributed by atoms with E-state index in [1.165, 1.54) is 6.20 Å². The summed E-state index contributed by atoms with van der Waals surface area (Å²) in [6.45, 7) is 3.95. The van der Waals surface area contributed by atoms with Gasteiger partial charge in [0.1, 0.15) is 5.17 Å². The lowest BCUT2D eigenvalue weighted by atomic mass is 10.4. The summed E-state index contributed by atoms with van der Waals surface area (Å²) < 4.78 is 0. The molecule has 0 unspecified atom stereocenters. The zero-order chi connectivity index (χ0) is 8.15. The first-order chi connectivity index (χ1) is 4.54. The van der Waals surface area contributed by atoms with Crippen LogP contribution in [0.3, 0.4) is 0 Å². The highest BCUT2D eigenvalue weighted by Gasteiger charge is 1.93. The molecule has 10 heavy (non-hydrogen) atoms. The Kier molecular flexibility index (Phi) is 3.88. The first-order valence-corrected chi connectivity index (χ1v) is 3.38. The van der Waals surface area contributed by atoms with Gasteiger partial charge in [0.25, 0.3) is 0 Å². The number of allylic oxidation sites excluding steroid dienone is 1. The zero-order valence-corrected chi connectivity index (χ0v) is 6.87. The summed E-state index contributed by atoms with van der Waals surface area (Å²) in [6.07, 6.45) is 1.53. The Labute approximate surface area is 65.8 Å². The molecule has 4 N–H and O–H groups in total. The molecule has 0 aromatic carbocycles. The van der Waals surface area contributed by atoms with Crippen LogP contribution in [0.1, 0.15) is 13.8 Å². The SMILES string of the molecule is CC(C)N/C=C(/N)C(=N)Cl. The van der Waals surface area contributed by atoms with Gasteiger partial charge in [-0.05, 0) is 13.8 Å². The van der Waals surface area contributed by atoms with E-state index in [1.54, 1.807) is 0 Å². The van der Waals surface area contributed by atoms with Crippen molar-refractivity contribution in [2.45, 2.75) is 19.9 Å². The smallest absolute Gasteiger partial charge is 0.145 e. The molecule has 3 nitrogen and oxygen atoms in total. The lowest BCUT2D eigenvalue weighted by Crippen LogP contribution is -2.19. The first kappa shape index (κ1) is 9.30. The average molecular weight is 162 g/mol. The first-order valence-electron chi connectivity index (χ1n) is 3.00. The molecule has 0 atom stereocenters. The lowest BCUT2D eigenvalue weighted by Gasteiger charge is -2.04. The summed E-state index contributed by atoms with van der Waals surface area (Å²) in [5.74, 6) is 0. The van der Waals surface area contributed by atoms with Gasteiger partial charge in [0.15, 0.2) is 0 Å². The van der Waals surface area contributed by atoms with Crippen LogP contribution < -0.4 is 11.1 Å². The lowest BCUT2D eigenvalue weighted by molar-refractivity contribution is 0.700. The van der Waals surface area contributed by atoms with Gasteiger partial charge in [-0.1, -0.05) is 11.6 Å². The molecule has 0 rings (SSSR count). The van der Waals surface area contributed by atoms with Crippen molar-refractivity contribution in [1.29, 1.82) is 5.41 Å². The summed E-state index contributed by atoms with van der Waals surface area (Å²) in [5, 5.41) is 9.66. The Balaban J connectivity index is 3.81. The highest BCUT2D eigenvalue weighted by Crippen LogP contribution is 1.90. The molecule has 0 aliphatic carbocycles. The van der Waals surface area contributed by atoms with Crippen LogP contribution in [0.15, 0.2) is 11.9 Å². The van der Waals surface area contributed by atoms with E-state index < -0.39 is 0 Å². The largest absolute Gasteiger partial charge is 0.395 e. The molecule has 0 aromatic rings. The maximum atomic E-state index is 6.88. The number of halogens is 1. The Morgan fingerprint density at radius 1 is 1.70 bits per heavy atom. The summed E-state index contributed by atoms with van der Waals surface area (Å²) in [6, 6.07) is 0.314. The molecular formula is C6H12ClN3. The Hall–Kier alpha value is -0.700. The van der Waals surface area contributed by atoms with Crippen LogP contribution in [0.5, 0.6) is 0 Å². The second-order valence-electron chi connectivity index (χ2n) is 2.24. The second-order valence-corrected chi connectivity index (χ2v) is 2.61. The van der Waals surface area contributed by atoms with E-state index in [0.29, 0.717) is 6.04 Å². The minimum Gasteiger partial charge on any atom is -0.395 e. The third-order valence-electron chi connectivity index (χ3n) is 0.826. The molecule has 0 aliphatic heterocycles. The Bertz CT molecular complexity index is 151. The highest BCUT2D eigenvalue weighted by molar-refractivity contribution is 6.68. The summed E-state index contributed by atoms with van der Waals surface area (Å²) in [5.41, 5.74) is 5.57. The molecule has 0 fully saturated rings. The van der Waals surface area contributed by atoms with Gasteiger partial charge < -0.3 is 11.1 Å². The normalized spacial score (nSPS) is 11.8. The maximum absolute atomic E-state index is 6.88. The monoisotopic (exact) mass is 161 g/mol. The summed E-state index contributed by atoms with van der Waals surface area (Å²) >= 11 is 5.26. The molecule has 0 aliphatic rings. The molecule has 0 saturated heterocycles. The predicted molar refractivity (Wildman–Crippen MR) is 44.1 cm³/mol. The average Bonchev–Trinajstić information content (AvgIpc) is 1.82. The molecule has 0 heterocycles. The van der Waals surface area contributed by atoms with Crippen molar-refractivity contribution in [2.24, 2.45) is 5.73 Å². The number of nitrogens with two attached hydrogens (primary N) is 1. The van der Waals surface area contributed by atoms with Crippen LogP contribution in [-0.2, 0) is 0 Å². The fourth-order valence-electron chi connectivity index (χ4n) is 0.320. The van der Waals surface area contributed by atoms with Crippen LogP contribution in [0.25, 0.3) is 0 Å². The molecule has 58 valence electrons. The van der Waals surface area contributed by atoms with E-state index in [1.807, 2.05) is 13.8 Å². The fourth-order valence-corrected chi connectivity index (χ4v) is 0.374. The van der Waals surface area contributed by atoms with Gasteiger partial charge >= 0.3 is 0 Å². The van der Waals surface area contributed by atoms with Gasteiger partial charge in [-0.25, -0.2) is 0 Å². The Morgan fingerprint density at radius 2 is 2.20 bits per heavy atom. The van der Waals surface area contributed by atoms with Crippen LogP contribution in [0, 0.1) is 5.41 Å². The van der Waals surface area contributed by atoms with Crippen molar-refractivity contribution in [2.75, 3.05) is 0 Å². The van der Waals surface area contributed by atoms with Gasteiger partial charge in [-0.15, -0.1) is 0 Å². The Morgan fingerprint density at radius 3 is 2.50 bits per heavy atom. The highest BCUT2D eigenvalue weighted by atomic mass is 35.5. The van der Waals surface area contributed by atoms with Crippen LogP contribution in [0.4, 0.5) is 0 Å². The van der Waals surface area contributed by atoms with E-state index >= 15 is 0 Å².